The van der Waals surface area contributed by atoms with E-state index in [1.165, 1.54) is 161 Å². The summed E-state index contributed by atoms with van der Waals surface area (Å²) in [6.45, 7) is 6.60. The van der Waals surface area contributed by atoms with E-state index in [9.17, 15) is 14.4 Å². The molecule has 0 aliphatic rings. The molecule has 6 heteroatoms. The largest absolute Gasteiger partial charge is 0.462 e. The summed E-state index contributed by atoms with van der Waals surface area (Å²) in [6.07, 6.45) is 42.5. The molecule has 0 fully saturated rings. The van der Waals surface area contributed by atoms with Crippen LogP contribution in [0.3, 0.4) is 0 Å². The molecule has 0 saturated carbocycles. The minimum Gasteiger partial charge on any atom is -0.462 e. The second-order valence-corrected chi connectivity index (χ2v) is 15.7. The number of unbranched alkanes of at least 4 members (excludes halogenated alkanes) is 31. The molecule has 0 rings (SSSR count). The number of hydrogen-bond acceptors (Lipinski definition) is 6. The highest BCUT2D eigenvalue weighted by atomic mass is 16.6. The monoisotopic (exact) mass is 737 g/mol. The van der Waals surface area contributed by atoms with E-state index in [4.69, 9.17) is 14.2 Å². The van der Waals surface area contributed by atoms with E-state index < -0.39 is 6.10 Å². The summed E-state index contributed by atoms with van der Waals surface area (Å²) >= 11 is 0. The molecule has 0 saturated heterocycles. The Labute approximate surface area is 323 Å². The van der Waals surface area contributed by atoms with E-state index in [1.54, 1.807) is 0 Å². The fourth-order valence-electron chi connectivity index (χ4n) is 6.85. The van der Waals surface area contributed by atoms with Crippen molar-refractivity contribution in [3.05, 3.63) is 0 Å². The van der Waals surface area contributed by atoms with Gasteiger partial charge in [0.25, 0.3) is 0 Å². The van der Waals surface area contributed by atoms with E-state index in [0.717, 1.165) is 57.8 Å². The molecule has 0 aliphatic carbocycles. The van der Waals surface area contributed by atoms with Crippen LogP contribution in [-0.2, 0) is 28.6 Å². The summed E-state index contributed by atoms with van der Waals surface area (Å²) in [5.41, 5.74) is 0. The molecule has 308 valence electrons. The van der Waals surface area contributed by atoms with Gasteiger partial charge in [-0.05, 0) is 19.3 Å². The molecule has 0 heterocycles. The van der Waals surface area contributed by atoms with Crippen LogP contribution in [-0.4, -0.2) is 37.2 Å². The van der Waals surface area contributed by atoms with Crippen LogP contribution >= 0.6 is 0 Å². The first-order chi connectivity index (χ1) is 25.5. The van der Waals surface area contributed by atoms with Gasteiger partial charge in [0, 0.05) is 19.3 Å². The third-order valence-corrected chi connectivity index (χ3v) is 10.4. The molecule has 52 heavy (non-hydrogen) atoms. The fourth-order valence-corrected chi connectivity index (χ4v) is 6.85. The second kappa shape index (κ2) is 42.2. The summed E-state index contributed by atoms with van der Waals surface area (Å²) in [4.78, 5) is 37.5. The molecule has 0 amide bonds. The molecular formula is C46H88O6. The molecule has 0 aliphatic heterocycles. The predicted molar refractivity (Wildman–Crippen MR) is 220 cm³/mol. The zero-order valence-corrected chi connectivity index (χ0v) is 35.1. The predicted octanol–water partition coefficient (Wildman–Crippen LogP) is 14.5. The van der Waals surface area contributed by atoms with Gasteiger partial charge in [0.05, 0.1) is 0 Å². The lowest BCUT2D eigenvalue weighted by Gasteiger charge is -2.18. The maximum Gasteiger partial charge on any atom is 0.306 e. The topological polar surface area (TPSA) is 78.9 Å². The van der Waals surface area contributed by atoms with Gasteiger partial charge < -0.3 is 14.2 Å². The fraction of sp³-hybridized carbons (Fsp3) is 0.935. The summed E-state index contributed by atoms with van der Waals surface area (Å²) in [6, 6.07) is 0. The van der Waals surface area contributed by atoms with Crippen molar-refractivity contribution in [2.75, 3.05) is 13.2 Å². The summed E-state index contributed by atoms with van der Waals surface area (Å²) < 4.78 is 16.6. The standard InChI is InChI=1S/C46H88O6/c1-4-7-10-13-16-18-19-20-21-22-23-24-25-26-28-31-34-37-40-46(49)52-43(41-50-44(47)38-35-32-29-15-12-9-6-3)42-51-45(48)39-36-33-30-27-17-14-11-8-5-2/h43H,4-42H2,1-3H3/t43-/m1/s1. The minimum atomic E-state index is -0.756. The van der Waals surface area contributed by atoms with Gasteiger partial charge in [-0.25, -0.2) is 0 Å². The highest BCUT2D eigenvalue weighted by Crippen LogP contribution is 2.16. The lowest BCUT2D eigenvalue weighted by molar-refractivity contribution is -0.167. The van der Waals surface area contributed by atoms with Crippen LogP contribution in [0.5, 0.6) is 0 Å². The highest BCUT2D eigenvalue weighted by molar-refractivity contribution is 5.71. The molecule has 6 nitrogen and oxygen atoms in total. The minimum absolute atomic E-state index is 0.0637. The Morgan fingerprint density at radius 2 is 0.519 bits per heavy atom. The molecule has 0 N–H and O–H groups in total. The SMILES string of the molecule is CCCCCCCCCCCCCCCCCCCCC(=O)O[C@H](COC(=O)CCCCCCCCC)COC(=O)CCCCCCCCCCC. The van der Waals surface area contributed by atoms with Crippen molar-refractivity contribution in [3.63, 3.8) is 0 Å². The third-order valence-electron chi connectivity index (χ3n) is 10.4. The van der Waals surface area contributed by atoms with Crippen molar-refractivity contribution in [2.24, 2.45) is 0 Å². The number of carbonyl (C=O) groups excluding carboxylic acids is 3. The first-order valence-corrected chi connectivity index (χ1v) is 23.0. The van der Waals surface area contributed by atoms with Gasteiger partial charge in [-0.3, -0.25) is 14.4 Å². The summed E-state index contributed by atoms with van der Waals surface area (Å²) in [5.74, 6) is -0.861. The molecule has 0 aromatic carbocycles. The molecular weight excluding hydrogens is 648 g/mol. The Hall–Kier alpha value is -1.59. The van der Waals surface area contributed by atoms with Crippen molar-refractivity contribution in [2.45, 2.75) is 264 Å². The molecule has 0 aromatic rings. The first kappa shape index (κ1) is 50.4. The Balaban J connectivity index is 4.18. The molecule has 0 spiro atoms. The number of rotatable bonds is 42. The smallest absolute Gasteiger partial charge is 0.306 e. The average molecular weight is 737 g/mol. The van der Waals surface area contributed by atoms with Crippen LogP contribution < -0.4 is 0 Å². The third kappa shape index (κ3) is 39.6. The normalized spacial score (nSPS) is 11.8. The van der Waals surface area contributed by atoms with E-state index in [-0.39, 0.29) is 31.1 Å². The molecule has 0 radical (unpaired) electrons. The molecule has 0 bridgehead atoms. The van der Waals surface area contributed by atoms with Gasteiger partial charge in [0.15, 0.2) is 6.10 Å². The van der Waals surface area contributed by atoms with Crippen LogP contribution in [0.2, 0.25) is 0 Å². The van der Waals surface area contributed by atoms with Gasteiger partial charge in [-0.15, -0.1) is 0 Å². The molecule has 1 atom stereocenters. The van der Waals surface area contributed by atoms with Crippen molar-refractivity contribution < 1.29 is 28.6 Å². The summed E-state index contributed by atoms with van der Waals surface area (Å²) in [7, 11) is 0. The zero-order valence-electron chi connectivity index (χ0n) is 35.1. The number of esters is 3. The van der Waals surface area contributed by atoms with E-state index in [0.29, 0.717) is 19.3 Å². The van der Waals surface area contributed by atoms with Crippen LogP contribution in [0, 0.1) is 0 Å². The quantitative estimate of drug-likeness (QED) is 0.0353. The van der Waals surface area contributed by atoms with Gasteiger partial charge in [0.1, 0.15) is 13.2 Å². The second-order valence-electron chi connectivity index (χ2n) is 15.7. The zero-order chi connectivity index (χ0) is 38.0. The van der Waals surface area contributed by atoms with E-state index in [2.05, 4.69) is 20.8 Å². The van der Waals surface area contributed by atoms with Crippen molar-refractivity contribution in [1.29, 1.82) is 0 Å². The summed E-state index contributed by atoms with van der Waals surface area (Å²) in [5, 5.41) is 0. The number of carbonyl (C=O) groups is 3. The lowest BCUT2D eigenvalue weighted by Crippen LogP contribution is -2.30. The molecule has 0 aromatic heterocycles. The Bertz CT molecular complexity index is 768. The van der Waals surface area contributed by atoms with Crippen molar-refractivity contribution in [1.82, 2.24) is 0 Å². The van der Waals surface area contributed by atoms with Gasteiger partial charge in [-0.1, -0.05) is 220 Å². The van der Waals surface area contributed by atoms with Crippen LogP contribution in [0.4, 0.5) is 0 Å². The Morgan fingerprint density at radius 1 is 0.308 bits per heavy atom. The molecule has 0 unspecified atom stereocenters. The van der Waals surface area contributed by atoms with Crippen molar-refractivity contribution >= 4 is 17.9 Å². The maximum atomic E-state index is 12.7. The van der Waals surface area contributed by atoms with Gasteiger partial charge in [-0.2, -0.15) is 0 Å². The van der Waals surface area contributed by atoms with Crippen LogP contribution in [0.1, 0.15) is 258 Å². The highest BCUT2D eigenvalue weighted by Gasteiger charge is 2.19. The van der Waals surface area contributed by atoms with Gasteiger partial charge >= 0.3 is 17.9 Å². The average Bonchev–Trinajstić information content (AvgIpc) is 3.14. The lowest BCUT2D eigenvalue weighted by atomic mass is 10.0. The van der Waals surface area contributed by atoms with E-state index in [1.807, 2.05) is 0 Å². The first-order valence-electron chi connectivity index (χ1n) is 23.0. The van der Waals surface area contributed by atoms with Crippen LogP contribution in [0.25, 0.3) is 0 Å². The maximum absolute atomic E-state index is 12.7. The number of ether oxygens (including phenoxy) is 3. The van der Waals surface area contributed by atoms with Gasteiger partial charge in [0.2, 0.25) is 0 Å². The number of hydrogen-bond donors (Lipinski definition) is 0. The Kier molecular flexibility index (Phi) is 40.9. The van der Waals surface area contributed by atoms with Crippen LogP contribution in [0.15, 0.2) is 0 Å². The Morgan fingerprint density at radius 3 is 0.769 bits per heavy atom. The van der Waals surface area contributed by atoms with E-state index >= 15 is 0 Å². The van der Waals surface area contributed by atoms with Crippen molar-refractivity contribution in [3.8, 4) is 0 Å².